The summed E-state index contributed by atoms with van der Waals surface area (Å²) in [5.74, 6) is -1.92. The van der Waals surface area contributed by atoms with Crippen LogP contribution in [-0.4, -0.2) is 82.5 Å². The number of phenols is 1. The minimum atomic E-state index is -1.52. The molecule has 1 aromatic carbocycles. The van der Waals surface area contributed by atoms with Gasteiger partial charge in [0.15, 0.2) is 0 Å². The van der Waals surface area contributed by atoms with Gasteiger partial charge in [0.05, 0.1) is 13.1 Å². The smallest absolute Gasteiger partial charge is 0.455 e. The summed E-state index contributed by atoms with van der Waals surface area (Å²) in [4.78, 5) is 26.3. The number of nitrogens with one attached hydrogen (secondary N) is 1. The summed E-state index contributed by atoms with van der Waals surface area (Å²) < 4.78 is 5.85. The van der Waals surface area contributed by atoms with E-state index in [-0.39, 0.29) is 29.2 Å². The fraction of sp³-hybridized carbons (Fsp3) is 0.667. The highest BCUT2D eigenvalue weighted by Gasteiger charge is 2.42. The first-order chi connectivity index (χ1) is 16.8. The highest BCUT2D eigenvalue weighted by atomic mass is 16.5. The van der Waals surface area contributed by atoms with Crippen LogP contribution in [0.3, 0.4) is 0 Å². The summed E-state index contributed by atoms with van der Waals surface area (Å²) in [6, 6.07) is 3.59. The molecule has 4 rings (SSSR count). The maximum absolute atomic E-state index is 12.7. The Kier molecular flexibility index (Phi) is 8.21. The third kappa shape index (κ3) is 5.74. The lowest BCUT2D eigenvalue weighted by atomic mass is 9.53. The molecule has 1 aliphatic heterocycles. The Morgan fingerprint density at radius 2 is 1.83 bits per heavy atom. The maximum Gasteiger partial charge on any atom is 0.455 e. The Morgan fingerprint density at radius 1 is 1.11 bits per heavy atom. The molecular formula is C24H36BN3O7. The molecule has 1 aromatic rings. The van der Waals surface area contributed by atoms with E-state index in [1.54, 1.807) is 11.0 Å². The van der Waals surface area contributed by atoms with Crippen molar-refractivity contribution < 1.29 is 34.6 Å². The highest BCUT2D eigenvalue weighted by Crippen LogP contribution is 2.51. The highest BCUT2D eigenvalue weighted by molar-refractivity contribution is 6.43. The van der Waals surface area contributed by atoms with E-state index in [4.69, 9.17) is 10.5 Å². The van der Waals surface area contributed by atoms with Crippen molar-refractivity contribution >= 4 is 19.0 Å². The first-order valence-electron chi connectivity index (χ1n) is 12.6. The number of ether oxygens (including phenoxy) is 1. The lowest BCUT2D eigenvalue weighted by molar-refractivity contribution is -0.141. The van der Waals surface area contributed by atoms with Crippen molar-refractivity contribution in [2.75, 3.05) is 26.2 Å². The SMILES string of the molecule is NCCN[C@H]1CC[C@H](CC(=O)N2CC(Oc3ccc([C@H]4CC[C@H]4B(O)O)c(O)c3C(=O)O)C2)CC1. The van der Waals surface area contributed by atoms with Crippen LogP contribution in [0.1, 0.15) is 66.8 Å². The number of carbonyl (C=O) groups is 2. The monoisotopic (exact) mass is 489 g/mol. The molecule has 1 heterocycles. The molecule has 192 valence electrons. The van der Waals surface area contributed by atoms with E-state index in [1.165, 1.54) is 6.07 Å². The maximum atomic E-state index is 12.7. The van der Waals surface area contributed by atoms with Gasteiger partial charge in [-0.05, 0) is 55.6 Å². The largest absolute Gasteiger partial charge is 0.507 e. The van der Waals surface area contributed by atoms with Gasteiger partial charge < -0.3 is 40.9 Å². The van der Waals surface area contributed by atoms with Gasteiger partial charge in [0, 0.05) is 31.4 Å². The van der Waals surface area contributed by atoms with E-state index in [2.05, 4.69) is 5.32 Å². The number of hydrogen-bond acceptors (Lipinski definition) is 8. The molecule has 0 aromatic heterocycles. The zero-order chi connectivity index (χ0) is 25.1. The quantitative estimate of drug-likeness (QED) is 0.262. The Bertz CT molecular complexity index is 917. The topological polar surface area (TPSA) is 166 Å². The molecule has 35 heavy (non-hydrogen) atoms. The van der Waals surface area contributed by atoms with Gasteiger partial charge in [-0.1, -0.05) is 12.5 Å². The molecule has 2 aliphatic carbocycles. The summed E-state index contributed by atoms with van der Waals surface area (Å²) in [5, 5.41) is 42.8. The second-order valence-electron chi connectivity index (χ2n) is 10.1. The van der Waals surface area contributed by atoms with Crippen molar-refractivity contribution in [3.63, 3.8) is 0 Å². The fourth-order valence-corrected chi connectivity index (χ4v) is 5.59. The van der Waals surface area contributed by atoms with Gasteiger partial charge in [-0.15, -0.1) is 0 Å². The Morgan fingerprint density at radius 3 is 2.40 bits per heavy atom. The van der Waals surface area contributed by atoms with Crippen LogP contribution in [0.5, 0.6) is 11.5 Å². The number of carboxylic acids is 1. The number of aromatic carboxylic acids is 1. The van der Waals surface area contributed by atoms with Crippen LogP contribution >= 0.6 is 0 Å². The summed E-state index contributed by atoms with van der Waals surface area (Å²) in [6.07, 6.45) is 5.57. The molecule has 10 nitrogen and oxygen atoms in total. The molecule has 7 N–H and O–H groups in total. The molecule has 3 aliphatic rings. The second-order valence-corrected chi connectivity index (χ2v) is 10.1. The van der Waals surface area contributed by atoms with Crippen LogP contribution in [0.25, 0.3) is 0 Å². The minimum absolute atomic E-state index is 0.0552. The van der Waals surface area contributed by atoms with Gasteiger partial charge >= 0.3 is 13.1 Å². The van der Waals surface area contributed by atoms with Crippen molar-refractivity contribution in [2.24, 2.45) is 11.7 Å². The number of aromatic hydroxyl groups is 1. The van der Waals surface area contributed by atoms with Crippen molar-refractivity contribution in [1.29, 1.82) is 0 Å². The van der Waals surface area contributed by atoms with Crippen molar-refractivity contribution in [3.05, 3.63) is 23.3 Å². The number of rotatable bonds is 10. The number of carbonyl (C=O) groups excluding carboxylic acids is 1. The van der Waals surface area contributed by atoms with Gasteiger partial charge in [0.25, 0.3) is 0 Å². The van der Waals surface area contributed by atoms with E-state index in [1.807, 2.05) is 0 Å². The average Bonchev–Trinajstić information content (AvgIpc) is 2.75. The van der Waals surface area contributed by atoms with Crippen LogP contribution < -0.4 is 15.8 Å². The lowest BCUT2D eigenvalue weighted by Gasteiger charge is -2.40. The van der Waals surface area contributed by atoms with E-state index in [0.29, 0.717) is 56.4 Å². The number of nitrogens with zero attached hydrogens (tertiary/aromatic N) is 1. The summed E-state index contributed by atoms with van der Waals surface area (Å²) in [6.45, 7) is 2.22. The predicted octanol–water partition coefficient (Wildman–Crippen LogP) is 0.898. The van der Waals surface area contributed by atoms with Gasteiger partial charge in [0.1, 0.15) is 23.2 Å². The van der Waals surface area contributed by atoms with Crippen molar-refractivity contribution in [2.45, 2.75) is 68.8 Å². The van der Waals surface area contributed by atoms with Crippen LogP contribution in [-0.2, 0) is 4.79 Å². The third-order valence-corrected chi connectivity index (χ3v) is 7.88. The standard InChI is InChI=1S/C24H36BN3O7/c26-9-10-27-15-3-1-14(2-4-15)11-21(29)28-12-16(13-28)35-20-8-6-18(23(30)22(20)24(31)32)17-5-7-19(17)25(33)34/h6,8,14-17,19,27,30,33-34H,1-5,7,9-13,26H2,(H,31,32)/t14-,15-,17-,19-/m1/s1. The van der Waals surface area contributed by atoms with Crippen LogP contribution in [0.4, 0.5) is 0 Å². The molecule has 0 radical (unpaired) electrons. The molecule has 1 saturated heterocycles. The molecule has 2 atom stereocenters. The number of benzene rings is 1. The zero-order valence-electron chi connectivity index (χ0n) is 19.9. The molecule has 3 fully saturated rings. The fourth-order valence-electron chi connectivity index (χ4n) is 5.59. The van der Waals surface area contributed by atoms with Gasteiger partial charge in [-0.2, -0.15) is 0 Å². The summed E-state index contributed by atoms with van der Waals surface area (Å²) in [5.41, 5.74) is 5.60. The zero-order valence-corrected chi connectivity index (χ0v) is 19.9. The van der Waals surface area contributed by atoms with Crippen LogP contribution in [0.2, 0.25) is 5.82 Å². The number of likely N-dealkylation sites (tertiary alicyclic amines) is 1. The van der Waals surface area contributed by atoms with Crippen LogP contribution in [0.15, 0.2) is 12.1 Å². The Balaban J connectivity index is 1.29. The van der Waals surface area contributed by atoms with E-state index in [9.17, 15) is 29.9 Å². The van der Waals surface area contributed by atoms with Gasteiger partial charge in [0.2, 0.25) is 5.91 Å². The van der Waals surface area contributed by atoms with Crippen LogP contribution in [0, 0.1) is 5.92 Å². The molecule has 2 saturated carbocycles. The van der Waals surface area contributed by atoms with E-state index in [0.717, 1.165) is 32.2 Å². The lowest BCUT2D eigenvalue weighted by Crippen LogP contribution is -2.56. The number of amides is 1. The number of hydrogen-bond donors (Lipinski definition) is 6. The molecule has 11 heteroatoms. The predicted molar refractivity (Wildman–Crippen MR) is 129 cm³/mol. The molecule has 0 spiro atoms. The first kappa shape index (κ1) is 25.7. The summed E-state index contributed by atoms with van der Waals surface area (Å²) in [7, 11) is -1.52. The van der Waals surface area contributed by atoms with Crippen molar-refractivity contribution in [3.8, 4) is 11.5 Å². The average molecular weight is 489 g/mol. The Labute approximate surface area is 205 Å². The normalized spacial score (nSPS) is 26.5. The van der Waals surface area contributed by atoms with E-state index >= 15 is 0 Å². The first-order valence-corrected chi connectivity index (χ1v) is 12.6. The molecule has 0 bridgehead atoms. The molecule has 1 amide bonds. The Hall–Kier alpha value is -2.34. The number of nitrogens with two attached hydrogens (primary N) is 1. The molecular weight excluding hydrogens is 453 g/mol. The number of carboxylic acid groups (broad SMARTS) is 1. The van der Waals surface area contributed by atoms with Crippen molar-refractivity contribution in [1.82, 2.24) is 10.2 Å². The summed E-state index contributed by atoms with van der Waals surface area (Å²) >= 11 is 0. The van der Waals surface area contributed by atoms with Gasteiger partial charge in [-0.25, -0.2) is 4.79 Å². The van der Waals surface area contributed by atoms with Gasteiger partial charge in [-0.3, -0.25) is 4.79 Å². The third-order valence-electron chi connectivity index (χ3n) is 7.88. The second kappa shape index (κ2) is 11.2. The van der Waals surface area contributed by atoms with E-state index < -0.39 is 24.7 Å². The minimum Gasteiger partial charge on any atom is -0.507 e. The molecule has 0 unspecified atom stereocenters.